The summed E-state index contributed by atoms with van der Waals surface area (Å²) in [6, 6.07) is 2.10. The van der Waals surface area contributed by atoms with E-state index in [0.29, 0.717) is 19.7 Å². The van der Waals surface area contributed by atoms with Crippen molar-refractivity contribution < 1.29 is 23.6 Å². The van der Waals surface area contributed by atoms with Crippen LogP contribution >= 0.6 is 0 Å². The Bertz CT molecular complexity index is 971. The normalized spacial score (nSPS) is 24.1. The molecule has 2 unspecified atom stereocenters. The van der Waals surface area contributed by atoms with Crippen LogP contribution in [0.3, 0.4) is 0 Å². The van der Waals surface area contributed by atoms with Crippen molar-refractivity contribution in [2.45, 2.75) is 103 Å². The Morgan fingerprint density at radius 1 is 1.25 bits per heavy atom. The number of nitrogens with zero attached hydrogens (tertiary/aromatic N) is 3. The molecule has 2 atom stereocenters. The first-order valence-electron chi connectivity index (χ1n) is 13.1. The molecular weight excluding hydrogens is 478 g/mol. The lowest BCUT2D eigenvalue weighted by Crippen LogP contribution is -2.47. The van der Waals surface area contributed by atoms with E-state index in [1.54, 1.807) is 4.90 Å². The minimum absolute atomic E-state index is 0.163. The van der Waals surface area contributed by atoms with Crippen LogP contribution in [0.5, 0.6) is 0 Å². The highest BCUT2D eigenvalue weighted by Gasteiger charge is 2.48. The summed E-state index contributed by atoms with van der Waals surface area (Å²) in [5.74, 6) is 0. The number of likely N-dealkylation sites (tertiary alicyclic amines) is 1. The van der Waals surface area contributed by atoms with Crippen LogP contribution in [0.25, 0.3) is 0 Å². The molecule has 2 aliphatic heterocycles. The van der Waals surface area contributed by atoms with Crippen LogP contribution in [0.15, 0.2) is 16.7 Å². The summed E-state index contributed by atoms with van der Waals surface area (Å²) >= 11 is -1.39. The van der Waals surface area contributed by atoms with Gasteiger partial charge in [0.1, 0.15) is 27.4 Å². The van der Waals surface area contributed by atoms with Gasteiger partial charge in [0, 0.05) is 36.9 Å². The minimum atomic E-state index is -1.39. The first-order chi connectivity index (χ1) is 16.9. The third-order valence-electron chi connectivity index (χ3n) is 6.96. The number of fused-ring (bicyclic) bond motifs is 1. The zero-order valence-electron chi connectivity index (χ0n) is 22.6. The Labute approximate surface area is 218 Å². The molecule has 8 nitrogen and oxygen atoms in total. The second-order valence-corrected chi connectivity index (χ2v) is 14.1. The summed E-state index contributed by atoms with van der Waals surface area (Å²) in [6.07, 6.45) is 6.81. The lowest BCUT2D eigenvalue weighted by Gasteiger charge is -2.39. The van der Waals surface area contributed by atoms with Gasteiger partial charge in [-0.25, -0.2) is 4.79 Å². The van der Waals surface area contributed by atoms with Crippen LogP contribution < -0.4 is 0 Å². The van der Waals surface area contributed by atoms with Gasteiger partial charge in [-0.15, -0.1) is 0 Å². The number of hydrogen-bond donors (Lipinski definition) is 0. The quantitative estimate of drug-likeness (QED) is 0.522. The standard InChI is InChI=1S/C27H41N3O5S/c1-25(2,3)35-24(31)30-12-10-27(11-13-30)16-19-15-20(18-34-22-9-7-8-14-33-22)28-17-21(19)23(27)29-36(32)26(4,5)6/h15,17,22H,7-14,16,18H2,1-6H3. The van der Waals surface area contributed by atoms with Crippen LogP contribution in [0, 0.1) is 5.41 Å². The number of hydrogen-bond acceptors (Lipinski definition) is 7. The number of pyridine rings is 1. The van der Waals surface area contributed by atoms with E-state index in [1.165, 1.54) is 0 Å². The first-order valence-corrected chi connectivity index (χ1v) is 14.2. The summed E-state index contributed by atoms with van der Waals surface area (Å²) in [5, 5.41) is 0. The van der Waals surface area contributed by atoms with Gasteiger partial charge in [0.25, 0.3) is 0 Å². The van der Waals surface area contributed by atoms with Crippen molar-refractivity contribution in [2.24, 2.45) is 9.81 Å². The fourth-order valence-electron chi connectivity index (χ4n) is 4.96. The van der Waals surface area contributed by atoms with E-state index < -0.39 is 21.7 Å². The maximum absolute atomic E-state index is 13.1. The largest absolute Gasteiger partial charge is 0.591 e. The van der Waals surface area contributed by atoms with Crippen molar-refractivity contribution >= 4 is 23.2 Å². The molecule has 200 valence electrons. The summed E-state index contributed by atoms with van der Waals surface area (Å²) in [5.41, 5.74) is 3.06. The Balaban J connectivity index is 1.54. The fraction of sp³-hybridized carbons (Fsp3) is 0.741. The molecular formula is C27H41N3O5S. The highest BCUT2D eigenvalue weighted by atomic mass is 32.2. The second-order valence-electron chi connectivity index (χ2n) is 12.2. The molecule has 3 aliphatic rings. The topological polar surface area (TPSA) is 96.3 Å². The second kappa shape index (κ2) is 10.6. The molecule has 2 fully saturated rings. The molecule has 0 N–H and O–H groups in total. The Morgan fingerprint density at radius 3 is 2.58 bits per heavy atom. The van der Waals surface area contributed by atoms with Gasteiger partial charge < -0.3 is 23.7 Å². The van der Waals surface area contributed by atoms with Crippen molar-refractivity contribution in [1.82, 2.24) is 9.88 Å². The first kappa shape index (κ1) is 27.4. The molecule has 0 saturated carbocycles. The predicted octanol–water partition coefficient (Wildman–Crippen LogP) is 4.95. The maximum atomic E-state index is 13.1. The zero-order valence-corrected chi connectivity index (χ0v) is 23.4. The minimum Gasteiger partial charge on any atom is -0.591 e. The van der Waals surface area contributed by atoms with E-state index in [-0.39, 0.29) is 17.8 Å². The molecule has 0 aromatic carbocycles. The molecule has 0 radical (unpaired) electrons. The van der Waals surface area contributed by atoms with Crippen molar-refractivity contribution in [3.63, 3.8) is 0 Å². The molecule has 4 rings (SSSR count). The van der Waals surface area contributed by atoms with Gasteiger partial charge in [-0.3, -0.25) is 4.98 Å². The Hall–Kier alpha value is -1.68. The molecule has 1 aromatic heterocycles. The number of rotatable bonds is 4. The number of amides is 1. The monoisotopic (exact) mass is 519 g/mol. The molecule has 1 aliphatic carbocycles. The van der Waals surface area contributed by atoms with E-state index in [0.717, 1.165) is 67.7 Å². The average Bonchev–Trinajstić information content (AvgIpc) is 3.08. The van der Waals surface area contributed by atoms with E-state index in [2.05, 4.69) is 11.1 Å². The summed E-state index contributed by atoms with van der Waals surface area (Å²) < 4.78 is 34.7. The highest BCUT2D eigenvalue weighted by Crippen LogP contribution is 2.46. The van der Waals surface area contributed by atoms with Gasteiger partial charge in [-0.1, -0.05) is 4.40 Å². The summed E-state index contributed by atoms with van der Waals surface area (Å²) in [6.45, 7) is 13.8. The van der Waals surface area contributed by atoms with Crippen LogP contribution in [-0.2, 0) is 38.6 Å². The van der Waals surface area contributed by atoms with Crippen LogP contribution in [-0.4, -0.2) is 62.6 Å². The van der Waals surface area contributed by atoms with Crippen LogP contribution in [0.4, 0.5) is 4.79 Å². The van der Waals surface area contributed by atoms with Crippen molar-refractivity contribution in [3.05, 3.63) is 29.1 Å². The molecule has 1 aromatic rings. The predicted molar refractivity (Wildman–Crippen MR) is 140 cm³/mol. The lowest BCUT2D eigenvalue weighted by molar-refractivity contribution is -0.169. The molecule has 9 heteroatoms. The van der Waals surface area contributed by atoms with Crippen LogP contribution in [0.1, 0.15) is 90.5 Å². The highest BCUT2D eigenvalue weighted by molar-refractivity contribution is 7.91. The Morgan fingerprint density at radius 2 is 1.97 bits per heavy atom. The van der Waals surface area contributed by atoms with Gasteiger partial charge in [0.05, 0.1) is 12.3 Å². The van der Waals surface area contributed by atoms with Crippen LogP contribution in [0.2, 0.25) is 0 Å². The van der Waals surface area contributed by atoms with Gasteiger partial charge in [-0.05, 0) is 91.7 Å². The number of carbonyl (C=O) groups excluding carboxylic acids is 1. The average molecular weight is 520 g/mol. The van der Waals surface area contributed by atoms with E-state index in [4.69, 9.17) is 18.6 Å². The SMILES string of the molecule is CC(C)(C)OC(=O)N1CCC2(CC1)Cc1cc(COC3CCCCO3)ncc1C2=N[S+]([O-])C(C)(C)C. The third-order valence-corrected chi connectivity index (χ3v) is 8.35. The van der Waals surface area contributed by atoms with Crippen molar-refractivity contribution in [1.29, 1.82) is 0 Å². The lowest BCUT2D eigenvalue weighted by atomic mass is 9.74. The smallest absolute Gasteiger partial charge is 0.410 e. The van der Waals surface area contributed by atoms with Gasteiger partial charge in [0.15, 0.2) is 6.29 Å². The zero-order chi connectivity index (χ0) is 26.1. The van der Waals surface area contributed by atoms with E-state index in [1.807, 2.05) is 47.7 Å². The van der Waals surface area contributed by atoms with Gasteiger partial charge in [-0.2, -0.15) is 0 Å². The molecule has 36 heavy (non-hydrogen) atoms. The Kier molecular flexibility index (Phi) is 8.05. The van der Waals surface area contributed by atoms with Gasteiger partial charge in [0.2, 0.25) is 0 Å². The van der Waals surface area contributed by atoms with E-state index >= 15 is 0 Å². The fourth-order valence-corrected chi connectivity index (χ4v) is 5.69. The van der Waals surface area contributed by atoms with E-state index in [9.17, 15) is 9.35 Å². The molecule has 1 amide bonds. The maximum Gasteiger partial charge on any atom is 0.410 e. The molecule has 2 saturated heterocycles. The van der Waals surface area contributed by atoms with Crippen molar-refractivity contribution in [3.8, 4) is 0 Å². The third kappa shape index (κ3) is 6.41. The van der Waals surface area contributed by atoms with Gasteiger partial charge >= 0.3 is 6.09 Å². The summed E-state index contributed by atoms with van der Waals surface area (Å²) in [4.78, 5) is 19.1. The number of carbonyl (C=O) groups is 1. The summed E-state index contributed by atoms with van der Waals surface area (Å²) in [7, 11) is 0. The molecule has 1 spiro atoms. The van der Waals surface area contributed by atoms with Crippen molar-refractivity contribution in [2.75, 3.05) is 19.7 Å². The molecule has 3 heterocycles. The molecule has 0 bridgehead atoms. The number of piperidine rings is 1. The number of ether oxygens (including phenoxy) is 3. The number of aromatic nitrogens is 1.